The normalized spacial score (nSPS) is 11.5. The highest BCUT2D eigenvalue weighted by Gasteiger charge is 2.06. The number of amides is 1. The molecule has 2 aromatic carbocycles. The highest BCUT2D eigenvalue weighted by molar-refractivity contribution is 5.91. The second kappa shape index (κ2) is 9.46. The standard InChI is InChI=1S/C20H23NO5/c1-3-14(2)15-4-8-17(9-5-15)25-12-19(22)21-16-6-10-18(11-7-16)26-13-20(23)24/h4-11,14H,3,12-13H2,1-2H3,(H,21,22)(H,23,24)/t14-/m1/s1. The van der Waals surface area contributed by atoms with E-state index >= 15 is 0 Å². The monoisotopic (exact) mass is 357 g/mol. The predicted octanol–water partition coefficient (Wildman–Crippen LogP) is 3.68. The Hall–Kier alpha value is -3.02. The number of carboxylic acids is 1. The van der Waals surface area contributed by atoms with Crippen molar-refractivity contribution < 1.29 is 24.2 Å². The molecular formula is C20H23NO5. The number of nitrogens with one attached hydrogen (secondary N) is 1. The number of anilines is 1. The van der Waals surface area contributed by atoms with Gasteiger partial charge in [0.15, 0.2) is 13.2 Å². The average molecular weight is 357 g/mol. The van der Waals surface area contributed by atoms with E-state index in [1.54, 1.807) is 24.3 Å². The van der Waals surface area contributed by atoms with Crippen LogP contribution in [0.1, 0.15) is 31.7 Å². The van der Waals surface area contributed by atoms with Gasteiger partial charge in [-0.3, -0.25) is 4.79 Å². The minimum atomic E-state index is -1.04. The summed E-state index contributed by atoms with van der Waals surface area (Å²) >= 11 is 0. The molecule has 0 saturated carbocycles. The molecule has 0 aliphatic heterocycles. The predicted molar refractivity (Wildman–Crippen MR) is 98.8 cm³/mol. The second-order valence-corrected chi connectivity index (χ2v) is 5.92. The van der Waals surface area contributed by atoms with Gasteiger partial charge >= 0.3 is 5.97 Å². The minimum Gasteiger partial charge on any atom is -0.484 e. The lowest BCUT2D eigenvalue weighted by atomic mass is 9.99. The van der Waals surface area contributed by atoms with E-state index in [4.69, 9.17) is 14.6 Å². The Morgan fingerprint density at radius 1 is 0.962 bits per heavy atom. The molecule has 138 valence electrons. The molecule has 0 aromatic heterocycles. The van der Waals surface area contributed by atoms with Gasteiger partial charge in [-0.2, -0.15) is 0 Å². The molecule has 2 N–H and O–H groups in total. The van der Waals surface area contributed by atoms with Crippen LogP contribution in [0.15, 0.2) is 48.5 Å². The zero-order valence-corrected chi connectivity index (χ0v) is 14.9. The van der Waals surface area contributed by atoms with Crippen molar-refractivity contribution >= 4 is 17.6 Å². The molecule has 1 atom stereocenters. The van der Waals surface area contributed by atoms with Crippen LogP contribution in [0.2, 0.25) is 0 Å². The van der Waals surface area contributed by atoms with Crippen LogP contribution >= 0.6 is 0 Å². The molecule has 0 aliphatic rings. The second-order valence-electron chi connectivity index (χ2n) is 5.92. The van der Waals surface area contributed by atoms with Crippen LogP contribution in [0.5, 0.6) is 11.5 Å². The van der Waals surface area contributed by atoms with Crippen molar-refractivity contribution in [1.29, 1.82) is 0 Å². The van der Waals surface area contributed by atoms with Crippen molar-refractivity contribution in [2.24, 2.45) is 0 Å². The Kier molecular flexibility index (Phi) is 7.02. The zero-order chi connectivity index (χ0) is 18.9. The summed E-state index contributed by atoms with van der Waals surface area (Å²) in [6.07, 6.45) is 1.07. The summed E-state index contributed by atoms with van der Waals surface area (Å²) in [6, 6.07) is 14.2. The summed E-state index contributed by atoms with van der Waals surface area (Å²) in [6.45, 7) is 3.81. The summed E-state index contributed by atoms with van der Waals surface area (Å²) in [5.41, 5.74) is 1.82. The maximum atomic E-state index is 12.0. The van der Waals surface area contributed by atoms with Crippen molar-refractivity contribution in [1.82, 2.24) is 0 Å². The number of carboxylic acid groups (broad SMARTS) is 1. The lowest BCUT2D eigenvalue weighted by molar-refractivity contribution is -0.139. The van der Waals surface area contributed by atoms with E-state index in [0.29, 0.717) is 23.1 Å². The molecule has 0 heterocycles. The molecule has 6 heteroatoms. The van der Waals surface area contributed by atoms with Gasteiger partial charge in [-0.15, -0.1) is 0 Å². The quantitative estimate of drug-likeness (QED) is 0.715. The molecule has 0 aliphatic carbocycles. The first kappa shape index (κ1) is 19.3. The Bertz CT molecular complexity index is 725. The Labute approximate surface area is 152 Å². The number of carbonyl (C=O) groups is 2. The van der Waals surface area contributed by atoms with E-state index in [1.807, 2.05) is 24.3 Å². The van der Waals surface area contributed by atoms with Crippen LogP contribution in [0, 0.1) is 0 Å². The van der Waals surface area contributed by atoms with Crippen LogP contribution in [0.3, 0.4) is 0 Å². The molecule has 2 aromatic rings. The smallest absolute Gasteiger partial charge is 0.341 e. The fraction of sp³-hybridized carbons (Fsp3) is 0.300. The van der Waals surface area contributed by atoms with Crippen LogP contribution < -0.4 is 14.8 Å². The Morgan fingerprint density at radius 3 is 2.04 bits per heavy atom. The summed E-state index contributed by atoms with van der Waals surface area (Å²) in [7, 11) is 0. The van der Waals surface area contributed by atoms with Gasteiger partial charge in [-0.1, -0.05) is 26.0 Å². The fourth-order valence-electron chi connectivity index (χ4n) is 2.25. The van der Waals surface area contributed by atoms with Gasteiger partial charge in [0.25, 0.3) is 5.91 Å². The van der Waals surface area contributed by atoms with Gasteiger partial charge in [0, 0.05) is 5.69 Å². The molecule has 0 unspecified atom stereocenters. The zero-order valence-electron chi connectivity index (χ0n) is 14.9. The van der Waals surface area contributed by atoms with Gasteiger partial charge in [-0.05, 0) is 54.3 Å². The van der Waals surface area contributed by atoms with Crippen molar-refractivity contribution in [3.05, 3.63) is 54.1 Å². The molecular weight excluding hydrogens is 334 g/mol. The number of carbonyl (C=O) groups excluding carboxylic acids is 1. The summed E-state index contributed by atoms with van der Waals surface area (Å²) in [4.78, 5) is 22.4. The van der Waals surface area contributed by atoms with E-state index in [-0.39, 0.29) is 12.5 Å². The van der Waals surface area contributed by atoms with Gasteiger partial charge in [0.1, 0.15) is 11.5 Å². The first-order chi connectivity index (χ1) is 12.5. The van der Waals surface area contributed by atoms with Crippen LogP contribution in [0.25, 0.3) is 0 Å². The molecule has 0 radical (unpaired) electrons. The Morgan fingerprint density at radius 2 is 1.50 bits per heavy atom. The fourth-order valence-corrected chi connectivity index (χ4v) is 2.25. The highest BCUT2D eigenvalue weighted by atomic mass is 16.5. The number of rotatable bonds is 9. The molecule has 0 spiro atoms. The third-order valence-electron chi connectivity index (χ3n) is 3.93. The van der Waals surface area contributed by atoms with Crippen molar-refractivity contribution in [2.75, 3.05) is 18.5 Å². The van der Waals surface area contributed by atoms with E-state index in [0.717, 1.165) is 6.42 Å². The maximum Gasteiger partial charge on any atom is 0.341 e. The maximum absolute atomic E-state index is 12.0. The van der Waals surface area contributed by atoms with Gasteiger partial charge < -0.3 is 19.9 Å². The SMILES string of the molecule is CC[C@@H](C)c1ccc(OCC(=O)Nc2ccc(OCC(=O)O)cc2)cc1. The lowest BCUT2D eigenvalue weighted by Crippen LogP contribution is -2.20. The Balaban J connectivity index is 1.80. The summed E-state index contributed by atoms with van der Waals surface area (Å²) < 4.78 is 10.5. The van der Waals surface area contributed by atoms with E-state index in [9.17, 15) is 9.59 Å². The van der Waals surface area contributed by atoms with E-state index in [2.05, 4.69) is 19.2 Å². The van der Waals surface area contributed by atoms with Crippen molar-refractivity contribution in [3.63, 3.8) is 0 Å². The van der Waals surface area contributed by atoms with Crippen molar-refractivity contribution in [2.45, 2.75) is 26.2 Å². The van der Waals surface area contributed by atoms with Gasteiger partial charge in [0.2, 0.25) is 0 Å². The number of hydrogen-bond acceptors (Lipinski definition) is 4. The first-order valence-corrected chi connectivity index (χ1v) is 8.45. The van der Waals surface area contributed by atoms with Gasteiger partial charge in [-0.25, -0.2) is 4.79 Å². The summed E-state index contributed by atoms with van der Waals surface area (Å²) in [5, 5.41) is 11.3. The topological polar surface area (TPSA) is 84.9 Å². The molecule has 6 nitrogen and oxygen atoms in total. The van der Waals surface area contributed by atoms with Crippen LogP contribution in [-0.4, -0.2) is 30.2 Å². The third-order valence-corrected chi connectivity index (χ3v) is 3.93. The largest absolute Gasteiger partial charge is 0.484 e. The molecule has 0 bridgehead atoms. The molecule has 26 heavy (non-hydrogen) atoms. The first-order valence-electron chi connectivity index (χ1n) is 8.45. The number of benzene rings is 2. The van der Waals surface area contributed by atoms with Gasteiger partial charge in [0.05, 0.1) is 0 Å². The van der Waals surface area contributed by atoms with E-state index in [1.165, 1.54) is 5.56 Å². The van der Waals surface area contributed by atoms with Crippen LogP contribution in [0.4, 0.5) is 5.69 Å². The summed E-state index contributed by atoms with van der Waals surface area (Å²) in [5.74, 6) is 0.231. The van der Waals surface area contributed by atoms with Crippen molar-refractivity contribution in [3.8, 4) is 11.5 Å². The molecule has 1 amide bonds. The molecule has 0 fully saturated rings. The average Bonchev–Trinajstić information content (AvgIpc) is 2.65. The molecule has 0 saturated heterocycles. The van der Waals surface area contributed by atoms with E-state index < -0.39 is 12.6 Å². The van der Waals surface area contributed by atoms with Crippen LogP contribution in [-0.2, 0) is 9.59 Å². The number of hydrogen-bond donors (Lipinski definition) is 2. The minimum absolute atomic E-state index is 0.0973. The number of aliphatic carboxylic acids is 1. The molecule has 2 rings (SSSR count). The number of ether oxygens (including phenoxy) is 2. The highest BCUT2D eigenvalue weighted by Crippen LogP contribution is 2.21. The lowest BCUT2D eigenvalue weighted by Gasteiger charge is -2.11. The third kappa shape index (κ3) is 6.12.